The second-order valence-electron chi connectivity index (χ2n) is 6.66. The molecule has 30 heavy (non-hydrogen) atoms. The molecule has 0 saturated carbocycles. The van der Waals surface area contributed by atoms with Gasteiger partial charge in [0.1, 0.15) is 18.0 Å². The SMILES string of the molecule is CCCn1c(=O)n(CC(=O)OCC(=O)c2cc(OC)ccc2OC)c2ccccc21. The Morgan fingerprint density at radius 3 is 2.30 bits per heavy atom. The maximum atomic E-state index is 12.7. The first-order valence-corrected chi connectivity index (χ1v) is 9.59. The van der Waals surface area contributed by atoms with Gasteiger partial charge < -0.3 is 14.2 Å². The number of para-hydroxylation sites is 2. The molecule has 3 aromatic rings. The van der Waals surface area contributed by atoms with Crippen LogP contribution in [-0.2, 0) is 22.6 Å². The van der Waals surface area contributed by atoms with E-state index in [9.17, 15) is 14.4 Å². The van der Waals surface area contributed by atoms with E-state index in [4.69, 9.17) is 14.2 Å². The number of methoxy groups -OCH3 is 2. The Hall–Kier alpha value is -3.55. The molecule has 0 unspecified atom stereocenters. The van der Waals surface area contributed by atoms with Gasteiger partial charge in [-0.05, 0) is 36.8 Å². The molecule has 0 aliphatic rings. The van der Waals surface area contributed by atoms with Crippen LogP contribution in [0.15, 0.2) is 47.3 Å². The molecule has 0 amide bonds. The van der Waals surface area contributed by atoms with Crippen molar-refractivity contribution in [2.45, 2.75) is 26.4 Å². The molecule has 2 aromatic carbocycles. The number of hydrogen-bond donors (Lipinski definition) is 0. The van der Waals surface area contributed by atoms with Crippen LogP contribution < -0.4 is 15.2 Å². The standard InChI is InChI=1S/C22H24N2O6/c1-4-11-23-17-7-5-6-8-18(17)24(22(23)27)13-21(26)30-14-19(25)16-12-15(28-2)9-10-20(16)29-3/h5-10,12H,4,11,13-14H2,1-3H3. The molecule has 158 valence electrons. The van der Waals surface area contributed by atoms with Crippen molar-refractivity contribution in [3.8, 4) is 11.5 Å². The Morgan fingerprint density at radius 2 is 1.67 bits per heavy atom. The summed E-state index contributed by atoms with van der Waals surface area (Å²) < 4.78 is 18.5. The number of nitrogens with zero attached hydrogens (tertiary/aromatic N) is 2. The second kappa shape index (κ2) is 9.30. The highest BCUT2D eigenvalue weighted by Crippen LogP contribution is 2.24. The average molecular weight is 412 g/mol. The molecule has 0 radical (unpaired) electrons. The molecule has 0 bridgehead atoms. The largest absolute Gasteiger partial charge is 0.497 e. The normalized spacial score (nSPS) is 10.8. The van der Waals surface area contributed by atoms with Gasteiger partial charge in [-0.2, -0.15) is 0 Å². The van der Waals surface area contributed by atoms with Gasteiger partial charge in [0.2, 0.25) is 5.78 Å². The first-order chi connectivity index (χ1) is 14.5. The Labute approximate surface area is 173 Å². The van der Waals surface area contributed by atoms with E-state index in [-0.39, 0.29) is 17.8 Å². The third kappa shape index (κ3) is 4.22. The van der Waals surface area contributed by atoms with Crippen molar-refractivity contribution in [3.05, 3.63) is 58.5 Å². The quantitative estimate of drug-likeness (QED) is 0.397. The molecule has 0 saturated heterocycles. The summed E-state index contributed by atoms with van der Waals surface area (Å²) in [5.41, 5.74) is 1.38. The van der Waals surface area contributed by atoms with Crippen molar-refractivity contribution < 1.29 is 23.8 Å². The topological polar surface area (TPSA) is 88.8 Å². The molecule has 0 aliphatic carbocycles. The zero-order valence-electron chi connectivity index (χ0n) is 17.2. The predicted molar refractivity (Wildman–Crippen MR) is 111 cm³/mol. The summed E-state index contributed by atoms with van der Waals surface area (Å²) >= 11 is 0. The summed E-state index contributed by atoms with van der Waals surface area (Å²) in [6, 6.07) is 12.1. The minimum atomic E-state index is -0.674. The number of carbonyl (C=O) groups excluding carboxylic acids is 2. The minimum absolute atomic E-state index is 0.251. The smallest absolute Gasteiger partial charge is 0.329 e. The summed E-state index contributed by atoms with van der Waals surface area (Å²) in [5.74, 6) is -0.261. The Kier molecular flexibility index (Phi) is 6.56. The monoisotopic (exact) mass is 412 g/mol. The zero-order valence-corrected chi connectivity index (χ0v) is 17.2. The Bertz CT molecular complexity index is 1130. The fourth-order valence-corrected chi connectivity index (χ4v) is 3.30. The number of carbonyl (C=O) groups is 2. The van der Waals surface area contributed by atoms with Crippen molar-refractivity contribution >= 4 is 22.8 Å². The van der Waals surface area contributed by atoms with Crippen LogP contribution in [0, 0.1) is 0 Å². The highest BCUT2D eigenvalue weighted by atomic mass is 16.5. The number of imidazole rings is 1. The van der Waals surface area contributed by atoms with Gasteiger partial charge in [-0.15, -0.1) is 0 Å². The van der Waals surface area contributed by atoms with Gasteiger partial charge in [0, 0.05) is 6.54 Å². The van der Waals surface area contributed by atoms with Gasteiger partial charge in [0.15, 0.2) is 6.61 Å². The number of ether oxygens (including phenoxy) is 3. The van der Waals surface area contributed by atoms with Crippen LogP contribution in [0.5, 0.6) is 11.5 Å². The van der Waals surface area contributed by atoms with Gasteiger partial charge in [0.05, 0.1) is 30.8 Å². The number of fused-ring (bicyclic) bond motifs is 1. The number of aryl methyl sites for hydroxylation is 1. The van der Waals surface area contributed by atoms with E-state index in [1.165, 1.54) is 24.9 Å². The molecular weight excluding hydrogens is 388 g/mol. The molecule has 1 heterocycles. The molecule has 3 rings (SSSR count). The predicted octanol–water partition coefficient (Wildman–Crippen LogP) is 2.66. The molecule has 0 fully saturated rings. The Morgan fingerprint density at radius 1 is 0.967 bits per heavy atom. The van der Waals surface area contributed by atoms with Crippen LogP contribution in [0.3, 0.4) is 0 Å². The van der Waals surface area contributed by atoms with E-state index in [0.29, 0.717) is 23.6 Å². The van der Waals surface area contributed by atoms with Crippen molar-refractivity contribution in [2.24, 2.45) is 0 Å². The molecular formula is C22H24N2O6. The number of hydrogen-bond acceptors (Lipinski definition) is 6. The van der Waals surface area contributed by atoms with Gasteiger partial charge in [0.25, 0.3) is 0 Å². The number of Topliss-reactive ketones (excluding diaryl/α,β-unsaturated/α-hetero) is 1. The van der Waals surface area contributed by atoms with E-state index >= 15 is 0 Å². The van der Waals surface area contributed by atoms with Crippen molar-refractivity contribution in [1.29, 1.82) is 0 Å². The van der Waals surface area contributed by atoms with Crippen molar-refractivity contribution in [2.75, 3.05) is 20.8 Å². The van der Waals surface area contributed by atoms with Gasteiger partial charge in [-0.1, -0.05) is 19.1 Å². The molecule has 8 nitrogen and oxygen atoms in total. The lowest BCUT2D eigenvalue weighted by Crippen LogP contribution is -2.28. The van der Waals surface area contributed by atoms with Gasteiger partial charge >= 0.3 is 11.7 Å². The van der Waals surface area contributed by atoms with Crippen LogP contribution >= 0.6 is 0 Å². The third-order valence-electron chi connectivity index (χ3n) is 4.73. The average Bonchev–Trinajstić information content (AvgIpc) is 3.03. The van der Waals surface area contributed by atoms with E-state index in [0.717, 1.165) is 11.9 Å². The summed E-state index contributed by atoms with van der Waals surface area (Å²) in [7, 11) is 2.94. The lowest BCUT2D eigenvalue weighted by atomic mass is 10.1. The van der Waals surface area contributed by atoms with Crippen molar-refractivity contribution in [3.63, 3.8) is 0 Å². The van der Waals surface area contributed by atoms with Crippen LogP contribution in [0.2, 0.25) is 0 Å². The van der Waals surface area contributed by atoms with Crippen LogP contribution in [0.4, 0.5) is 0 Å². The molecule has 1 aromatic heterocycles. The van der Waals surface area contributed by atoms with Crippen LogP contribution in [0.25, 0.3) is 11.0 Å². The summed E-state index contributed by atoms with van der Waals surface area (Å²) in [6.45, 7) is 1.78. The van der Waals surface area contributed by atoms with E-state index < -0.39 is 18.4 Å². The van der Waals surface area contributed by atoms with E-state index in [1.54, 1.807) is 28.8 Å². The van der Waals surface area contributed by atoms with Crippen LogP contribution in [-0.4, -0.2) is 41.7 Å². The number of aromatic nitrogens is 2. The minimum Gasteiger partial charge on any atom is -0.497 e. The van der Waals surface area contributed by atoms with E-state index in [2.05, 4.69) is 0 Å². The number of benzene rings is 2. The van der Waals surface area contributed by atoms with Gasteiger partial charge in [-0.25, -0.2) is 4.79 Å². The molecule has 8 heteroatoms. The number of rotatable bonds is 9. The van der Waals surface area contributed by atoms with Crippen LogP contribution in [0.1, 0.15) is 23.7 Å². The fraction of sp³-hybridized carbons (Fsp3) is 0.318. The third-order valence-corrected chi connectivity index (χ3v) is 4.73. The second-order valence-corrected chi connectivity index (χ2v) is 6.66. The van der Waals surface area contributed by atoms with E-state index in [1.807, 2.05) is 19.1 Å². The summed E-state index contributed by atoms with van der Waals surface area (Å²) in [6.07, 6.45) is 0.787. The van der Waals surface area contributed by atoms with Crippen molar-refractivity contribution in [1.82, 2.24) is 9.13 Å². The summed E-state index contributed by atoms with van der Waals surface area (Å²) in [4.78, 5) is 37.7. The molecule has 0 N–H and O–H groups in total. The summed E-state index contributed by atoms with van der Waals surface area (Å²) in [5, 5.41) is 0. The number of esters is 1. The Balaban J connectivity index is 1.75. The lowest BCUT2D eigenvalue weighted by molar-refractivity contribution is -0.143. The fourth-order valence-electron chi connectivity index (χ4n) is 3.30. The van der Waals surface area contributed by atoms with Gasteiger partial charge in [-0.3, -0.25) is 18.7 Å². The molecule has 0 spiro atoms. The molecule has 0 aliphatic heterocycles. The molecule has 0 atom stereocenters. The first-order valence-electron chi connectivity index (χ1n) is 9.59. The maximum Gasteiger partial charge on any atom is 0.329 e. The highest BCUT2D eigenvalue weighted by Gasteiger charge is 2.18. The zero-order chi connectivity index (χ0) is 21.7. The first kappa shape index (κ1) is 21.2. The lowest BCUT2D eigenvalue weighted by Gasteiger charge is -2.10. The highest BCUT2D eigenvalue weighted by molar-refractivity contribution is 6.00. The maximum absolute atomic E-state index is 12.7. The number of ketones is 1.